The molecule has 2 heterocycles. The topological polar surface area (TPSA) is 69.8 Å². The number of fused-ring (bicyclic) bond motifs is 1. The lowest BCUT2D eigenvalue weighted by atomic mass is 9.92. The zero-order chi connectivity index (χ0) is 19.1. The van der Waals surface area contributed by atoms with Gasteiger partial charge in [-0.15, -0.1) is 24.8 Å². The molecule has 5 rings (SSSR count). The molecule has 1 aliphatic carbocycles. The fourth-order valence-electron chi connectivity index (χ4n) is 4.47. The molecule has 2 fully saturated rings. The number of imidazole rings is 1. The van der Waals surface area contributed by atoms with Crippen molar-refractivity contribution in [3.8, 4) is 0 Å². The van der Waals surface area contributed by atoms with Crippen molar-refractivity contribution in [2.24, 2.45) is 11.3 Å². The Bertz CT molecular complexity index is 1050. The second-order valence-corrected chi connectivity index (χ2v) is 8.04. The first kappa shape index (κ1) is 22.5. The van der Waals surface area contributed by atoms with E-state index in [0.717, 1.165) is 49.1 Å². The fraction of sp³-hybridized carbons (Fsp3) is 0.364. The second kappa shape index (κ2) is 8.92. The number of halogens is 3. The van der Waals surface area contributed by atoms with E-state index in [2.05, 4.69) is 20.6 Å². The summed E-state index contributed by atoms with van der Waals surface area (Å²) in [6.07, 6.45) is 3.58. The molecule has 160 valence electrons. The third-order valence-electron chi connectivity index (χ3n) is 6.22. The number of carbonyl (C=O) groups is 1. The second-order valence-electron chi connectivity index (χ2n) is 8.04. The van der Waals surface area contributed by atoms with Crippen LogP contribution >= 0.6 is 24.8 Å². The Kier molecular flexibility index (Phi) is 6.70. The van der Waals surface area contributed by atoms with E-state index in [0.29, 0.717) is 17.8 Å². The molecule has 2 aromatic carbocycles. The Labute approximate surface area is 187 Å². The van der Waals surface area contributed by atoms with E-state index in [1.54, 1.807) is 12.1 Å². The lowest BCUT2D eigenvalue weighted by molar-refractivity contribution is -0.118. The van der Waals surface area contributed by atoms with Gasteiger partial charge in [0.15, 0.2) is 0 Å². The van der Waals surface area contributed by atoms with Crippen LogP contribution < -0.4 is 10.6 Å². The number of carbonyl (C=O) groups excluding carboxylic acids is 1. The summed E-state index contributed by atoms with van der Waals surface area (Å²) >= 11 is 0. The van der Waals surface area contributed by atoms with Crippen LogP contribution in [0.3, 0.4) is 0 Å². The van der Waals surface area contributed by atoms with Gasteiger partial charge in [0.1, 0.15) is 11.6 Å². The first-order valence-electron chi connectivity index (χ1n) is 9.87. The number of piperidine rings is 1. The van der Waals surface area contributed by atoms with Gasteiger partial charge in [-0.3, -0.25) is 4.79 Å². The largest absolute Gasteiger partial charge is 0.342 e. The van der Waals surface area contributed by atoms with Crippen molar-refractivity contribution >= 4 is 47.4 Å². The number of aromatic amines is 1. The number of aromatic nitrogens is 2. The van der Waals surface area contributed by atoms with Crippen LogP contribution in [0, 0.1) is 17.2 Å². The standard InChI is InChI=1S/C22H23FN4O.2ClH/c23-17-4-2-1-3-14(17)11-20-26-18-6-5-15(12-19(18)27-20)25-21(28)16-13-22(16)7-9-24-10-8-22;;/h1-6,12,16,24H,7-11,13H2,(H,25,28)(H,26,27);2*1H. The molecule has 1 atom stereocenters. The monoisotopic (exact) mass is 450 g/mol. The maximum absolute atomic E-state index is 13.9. The highest BCUT2D eigenvalue weighted by Gasteiger charge is 2.57. The number of amides is 1. The van der Waals surface area contributed by atoms with Crippen LogP contribution in [0.4, 0.5) is 10.1 Å². The van der Waals surface area contributed by atoms with Crippen molar-refractivity contribution in [1.82, 2.24) is 15.3 Å². The minimum atomic E-state index is -0.229. The van der Waals surface area contributed by atoms with Gasteiger partial charge in [0.25, 0.3) is 0 Å². The number of nitrogens with one attached hydrogen (secondary N) is 3. The lowest BCUT2D eigenvalue weighted by Crippen LogP contribution is -2.31. The van der Waals surface area contributed by atoms with E-state index < -0.39 is 0 Å². The summed E-state index contributed by atoms with van der Waals surface area (Å²) < 4.78 is 13.9. The van der Waals surface area contributed by atoms with E-state index >= 15 is 0 Å². The highest BCUT2D eigenvalue weighted by atomic mass is 35.5. The van der Waals surface area contributed by atoms with Crippen molar-refractivity contribution in [2.75, 3.05) is 18.4 Å². The van der Waals surface area contributed by atoms with E-state index in [4.69, 9.17) is 0 Å². The molecule has 0 bridgehead atoms. The number of nitrogens with zero attached hydrogens (tertiary/aromatic N) is 1. The molecule has 1 spiro atoms. The molecule has 3 aromatic rings. The van der Waals surface area contributed by atoms with Crippen LogP contribution in [0.15, 0.2) is 42.5 Å². The molecule has 8 heteroatoms. The zero-order valence-electron chi connectivity index (χ0n) is 16.4. The first-order valence-corrected chi connectivity index (χ1v) is 9.87. The van der Waals surface area contributed by atoms with E-state index in [1.165, 1.54) is 6.07 Å². The quantitative estimate of drug-likeness (QED) is 0.549. The molecule has 2 aliphatic rings. The molecular weight excluding hydrogens is 426 g/mol. The molecular formula is C22H25Cl2FN4O. The van der Waals surface area contributed by atoms with Crippen molar-refractivity contribution in [2.45, 2.75) is 25.7 Å². The van der Waals surface area contributed by atoms with Crippen LogP contribution in [0.25, 0.3) is 11.0 Å². The van der Waals surface area contributed by atoms with Crippen LogP contribution in [0.5, 0.6) is 0 Å². The van der Waals surface area contributed by atoms with Crippen LogP contribution in [0.2, 0.25) is 0 Å². The maximum atomic E-state index is 13.9. The molecule has 1 aromatic heterocycles. The number of H-pyrrole nitrogens is 1. The Morgan fingerprint density at radius 3 is 2.70 bits per heavy atom. The maximum Gasteiger partial charge on any atom is 0.228 e. The van der Waals surface area contributed by atoms with Crippen LogP contribution in [-0.2, 0) is 11.2 Å². The zero-order valence-corrected chi connectivity index (χ0v) is 18.0. The minimum Gasteiger partial charge on any atom is -0.342 e. The molecule has 1 unspecified atom stereocenters. The van der Waals surface area contributed by atoms with Gasteiger partial charge in [-0.2, -0.15) is 0 Å². The molecule has 1 aliphatic heterocycles. The van der Waals surface area contributed by atoms with E-state index in [1.807, 2.05) is 24.3 Å². The molecule has 1 saturated heterocycles. The summed E-state index contributed by atoms with van der Waals surface area (Å²) in [4.78, 5) is 20.5. The molecule has 0 radical (unpaired) electrons. The van der Waals surface area contributed by atoms with Crippen molar-refractivity contribution in [3.63, 3.8) is 0 Å². The number of anilines is 1. The molecule has 1 saturated carbocycles. The highest BCUT2D eigenvalue weighted by Crippen LogP contribution is 2.58. The minimum absolute atomic E-state index is 0. The summed E-state index contributed by atoms with van der Waals surface area (Å²) in [5.41, 5.74) is 3.26. The smallest absolute Gasteiger partial charge is 0.228 e. The van der Waals surface area contributed by atoms with Crippen molar-refractivity contribution in [1.29, 1.82) is 0 Å². The third kappa shape index (κ3) is 4.31. The van der Waals surface area contributed by atoms with Gasteiger partial charge in [-0.05, 0) is 67.6 Å². The number of hydrogen-bond acceptors (Lipinski definition) is 3. The SMILES string of the molecule is Cl.Cl.O=C(Nc1ccc2nc(Cc3ccccc3F)[nH]c2c1)C1CC12CCNCC2. The normalized spacial score (nSPS) is 19.0. The predicted octanol–water partition coefficient (Wildman–Crippen LogP) is 4.46. The van der Waals surface area contributed by atoms with Crippen molar-refractivity contribution in [3.05, 3.63) is 59.7 Å². The van der Waals surface area contributed by atoms with Gasteiger partial charge in [-0.25, -0.2) is 9.37 Å². The summed E-state index contributed by atoms with van der Waals surface area (Å²) in [5, 5.41) is 6.44. The van der Waals surface area contributed by atoms with E-state index in [-0.39, 0.29) is 47.9 Å². The highest BCUT2D eigenvalue weighted by molar-refractivity contribution is 5.96. The fourth-order valence-corrected chi connectivity index (χ4v) is 4.47. The van der Waals surface area contributed by atoms with Gasteiger partial charge >= 0.3 is 0 Å². The van der Waals surface area contributed by atoms with Crippen LogP contribution in [-0.4, -0.2) is 29.0 Å². The van der Waals surface area contributed by atoms with Gasteiger partial charge in [0, 0.05) is 18.0 Å². The first-order chi connectivity index (χ1) is 13.6. The molecule has 30 heavy (non-hydrogen) atoms. The van der Waals surface area contributed by atoms with E-state index in [9.17, 15) is 9.18 Å². The summed E-state index contributed by atoms with van der Waals surface area (Å²) in [7, 11) is 0. The Hall–Kier alpha value is -2.15. The lowest BCUT2D eigenvalue weighted by Gasteiger charge is -2.23. The summed E-state index contributed by atoms with van der Waals surface area (Å²) in [6.45, 7) is 2.02. The number of rotatable bonds is 4. The molecule has 1 amide bonds. The molecule has 5 nitrogen and oxygen atoms in total. The number of benzene rings is 2. The van der Waals surface area contributed by atoms with Gasteiger partial charge in [0.2, 0.25) is 5.91 Å². The van der Waals surface area contributed by atoms with Crippen LogP contribution in [0.1, 0.15) is 30.7 Å². The third-order valence-corrected chi connectivity index (χ3v) is 6.22. The Morgan fingerprint density at radius 1 is 1.17 bits per heavy atom. The van der Waals surface area contributed by atoms with Gasteiger partial charge in [0.05, 0.1) is 11.0 Å². The average Bonchev–Trinajstić information content (AvgIpc) is 3.23. The Balaban J connectivity index is 0.00000128. The average molecular weight is 451 g/mol. The molecule has 3 N–H and O–H groups in total. The Morgan fingerprint density at radius 2 is 1.93 bits per heavy atom. The van der Waals surface area contributed by atoms with Gasteiger partial charge < -0.3 is 15.6 Å². The summed E-state index contributed by atoms with van der Waals surface area (Å²) in [6, 6.07) is 12.4. The number of hydrogen-bond donors (Lipinski definition) is 3. The van der Waals surface area contributed by atoms with Gasteiger partial charge in [-0.1, -0.05) is 18.2 Å². The van der Waals surface area contributed by atoms with Crippen molar-refractivity contribution < 1.29 is 9.18 Å². The predicted molar refractivity (Wildman–Crippen MR) is 121 cm³/mol. The summed E-state index contributed by atoms with van der Waals surface area (Å²) in [5.74, 6) is 0.725.